The maximum absolute atomic E-state index is 12.4. The number of aromatic nitrogens is 3. The number of rotatable bonds is 4. The molecule has 1 fully saturated rings. The molecule has 0 bridgehead atoms. The summed E-state index contributed by atoms with van der Waals surface area (Å²) in [5.41, 5.74) is 0.972. The molecule has 0 aromatic carbocycles. The summed E-state index contributed by atoms with van der Waals surface area (Å²) in [6.07, 6.45) is 5.82. The number of likely N-dealkylation sites (tertiary alicyclic amines) is 1. The summed E-state index contributed by atoms with van der Waals surface area (Å²) in [7, 11) is 2.07. The van der Waals surface area contributed by atoms with Gasteiger partial charge in [0.2, 0.25) is 5.91 Å². The minimum absolute atomic E-state index is 0.206. The van der Waals surface area contributed by atoms with E-state index in [2.05, 4.69) is 26.9 Å². The Labute approximate surface area is 146 Å². The largest absolute Gasteiger partial charge is 0.356 e. The predicted molar refractivity (Wildman–Crippen MR) is 95.3 cm³/mol. The Hall–Kier alpha value is -2.02. The molecule has 0 unspecified atom stereocenters. The molecule has 0 spiro atoms. The number of nitrogens with zero attached hydrogens (tertiary/aromatic N) is 5. The molecular weight excluding hydrogens is 322 g/mol. The number of hydrogen-bond donors (Lipinski definition) is 0. The molecule has 0 radical (unpaired) electrons. The number of aryl methyl sites for hydroxylation is 2. The fourth-order valence-electron chi connectivity index (χ4n) is 3.07. The normalized spacial score (nSPS) is 15.5. The molecule has 24 heavy (non-hydrogen) atoms. The highest BCUT2D eigenvalue weighted by Gasteiger charge is 2.26. The van der Waals surface area contributed by atoms with Crippen LogP contribution in [0.25, 0.3) is 0 Å². The summed E-state index contributed by atoms with van der Waals surface area (Å²) in [6.45, 7) is 5.54. The molecule has 0 N–H and O–H groups in total. The van der Waals surface area contributed by atoms with E-state index in [0.717, 1.165) is 47.3 Å². The van der Waals surface area contributed by atoms with E-state index in [9.17, 15) is 4.79 Å². The molecular formula is C17H23N5OS. The molecule has 7 heteroatoms. The number of thiazole rings is 1. The molecule has 1 amide bonds. The first-order chi connectivity index (χ1) is 11.5. The van der Waals surface area contributed by atoms with Crippen molar-refractivity contribution in [3.63, 3.8) is 0 Å². The molecule has 0 saturated carbocycles. The highest BCUT2D eigenvalue weighted by molar-refractivity contribution is 7.11. The SMILES string of the molecule is Cc1cc(N(C)C2CCN(C(=O)Cc3cnc(C)s3)CC2)ncn1. The van der Waals surface area contributed by atoms with Gasteiger partial charge >= 0.3 is 0 Å². The van der Waals surface area contributed by atoms with Crippen LogP contribution in [0.1, 0.15) is 28.4 Å². The van der Waals surface area contributed by atoms with E-state index >= 15 is 0 Å². The van der Waals surface area contributed by atoms with Gasteiger partial charge in [0, 0.05) is 49.0 Å². The second-order valence-corrected chi connectivity index (χ2v) is 7.58. The highest BCUT2D eigenvalue weighted by atomic mass is 32.1. The van der Waals surface area contributed by atoms with Crippen molar-refractivity contribution in [2.75, 3.05) is 25.0 Å². The zero-order valence-corrected chi connectivity index (χ0v) is 15.2. The van der Waals surface area contributed by atoms with E-state index < -0.39 is 0 Å². The molecule has 6 nitrogen and oxygen atoms in total. The number of piperidine rings is 1. The molecule has 1 saturated heterocycles. The quantitative estimate of drug-likeness (QED) is 0.850. The lowest BCUT2D eigenvalue weighted by Gasteiger charge is -2.37. The third-order valence-corrected chi connectivity index (χ3v) is 5.42. The number of amides is 1. The summed E-state index contributed by atoms with van der Waals surface area (Å²) in [4.78, 5) is 30.4. The van der Waals surface area contributed by atoms with E-state index in [4.69, 9.17) is 0 Å². The van der Waals surface area contributed by atoms with Gasteiger partial charge in [-0.25, -0.2) is 15.0 Å². The van der Waals surface area contributed by atoms with Gasteiger partial charge in [0.15, 0.2) is 0 Å². The van der Waals surface area contributed by atoms with Crippen molar-refractivity contribution in [3.8, 4) is 0 Å². The van der Waals surface area contributed by atoms with Gasteiger partial charge in [0.25, 0.3) is 0 Å². The first-order valence-corrected chi connectivity index (χ1v) is 9.05. The number of carbonyl (C=O) groups excluding carboxylic acids is 1. The van der Waals surface area contributed by atoms with Crippen LogP contribution in [0.5, 0.6) is 0 Å². The van der Waals surface area contributed by atoms with Crippen molar-refractivity contribution >= 4 is 23.1 Å². The van der Waals surface area contributed by atoms with Gasteiger partial charge in [-0.1, -0.05) is 0 Å². The third-order valence-electron chi connectivity index (χ3n) is 4.51. The van der Waals surface area contributed by atoms with Crippen molar-refractivity contribution in [1.82, 2.24) is 19.9 Å². The van der Waals surface area contributed by atoms with E-state index in [1.807, 2.05) is 31.0 Å². The lowest BCUT2D eigenvalue weighted by Crippen LogP contribution is -2.46. The van der Waals surface area contributed by atoms with Gasteiger partial charge in [-0.05, 0) is 26.7 Å². The van der Waals surface area contributed by atoms with Gasteiger partial charge in [-0.2, -0.15) is 0 Å². The summed E-state index contributed by atoms with van der Waals surface area (Å²) in [5, 5.41) is 1.01. The molecule has 128 valence electrons. The van der Waals surface area contributed by atoms with Crippen molar-refractivity contribution in [2.45, 2.75) is 39.2 Å². The van der Waals surface area contributed by atoms with Gasteiger partial charge in [0.1, 0.15) is 12.1 Å². The molecule has 3 rings (SSSR count). The van der Waals surface area contributed by atoms with Crippen LogP contribution >= 0.6 is 11.3 Å². The summed E-state index contributed by atoms with van der Waals surface area (Å²) >= 11 is 1.60. The average molecular weight is 345 g/mol. The van der Waals surface area contributed by atoms with Crippen molar-refractivity contribution in [3.05, 3.63) is 34.2 Å². The molecule has 1 aliphatic rings. The average Bonchev–Trinajstić information content (AvgIpc) is 2.99. The molecule has 0 aliphatic carbocycles. The van der Waals surface area contributed by atoms with Crippen molar-refractivity contribution < 1.29 is 4.79 Å². The zero-order chi connectivity index (χ0) is 17.1. The first-order valence-electron chi connectivity index (χ1n) is 8.23. The zero-order valence-electron chi connectivity index (χ0n) is 14.4. The van der Waals surface area contributed by atoms with Gasteiger partial charge < -0.3 is 9.80 Å². The van der Waals surface area contributed by atoms with E-state index in [-0.39, 0.29) is 5.91 Å². The second-order valence-electron chi connectivity index (χ2n) is 6.26. The summed E-state index contributed by atoms with van der Waals surface area (Å²) < 4.78 is 0. The minimum atomic E-state index is 0.206. The Morgan fingerprint density at radius 2 is 2.04 bits per heavy atom. The monoisotopic (exact) mass is 345 g/mol. The van der Waals surface area contributed by atoms with E-state index in [1.165, 1.54) is 0 Å². The Balaban J connectivity index is 1.54. The Bertz CT molecular complexity index is 709. The maximum Gasteiger partial charge on any atom is 0.227 e. The molecule has 2 aromatic heterocycles. The van der Waals surface area contributed by atoms with E-state index in [1.54, 1.807) is 17.7 Å². The standard InChI is InChI=1S/C17H23N5OS/c1-12-8-16(20-11-19-12)21(3)14-4-6-22(7-5-14)17(23)9-15-10-18-13(2)24-15/h8,10-11,14H,4-7,9H2,1-3H3. The Morgan fingerprint density at radius 3 is 2.67 bits per heavy atom. The number of anilines is 1. The van der Waals surface area contributed by atoms with Crippen LogP contribution in [0.2, 0.25) is 0 Å². The lowest BCUT2D eigenvalue weighted by molar-refractivity contribution is -0.131. The smallest absolute Gasteiger partial charge is 0.227 e. The predicted octanol–water partition coefficient (Wildman–Crippen LogP) is 2.22. The lowest BCUT2D eigenvalue weighted by atomic mass is 10.0. The van der Waals surface area contributed by atoms with Crippen LogP contribution in [0, 0.1) is 13.8 Å². The van der Waals surface area contributed by atoms with Gasteiger partial charge in [0.05, 0.1) is 11.4 Å². The molecule has 3 heterocycles. The molecule has 2 aromatic rings. The fraction of sp³-hybridized carbons (Fsp3) is 0.529. The molecule has 0 atom stereocenters. The Kier molecular flexibility index (Phi) is 5.08. The topological polar surface area (TPSA) is 62.2 Å². The Morgan fingerprint density at radius 1 is 1.29 bits per heavy atom. The number of hydrogen-bond acceptors (Lipinski definition) is 6. The fourth-order valence-corrected chi connectivity index (χ4v) is 3.86. The first kappa shape index (κ1) is 16.8. The van der Waals surface area contributed by atoms with Crippen LogP contribution < -0.4 is 4.90 Å². The van der Waals surface area contributed by atoms with Crippen LogP contribution in [0.3, 0.4) is 0 Å². The number of carbonyl (C=O) groups is 1. The second kappa shape index (κ2) is 7.25. The minimum Gasteiger partial charge on any atom is -0.356 e. The summed E-state index contributed by atoms with van der Waals surface area (Å²) in [5.74, 6) is 1.16. The van der Waals surface area contributed by atoms with Gasteiger partial charge in [-0.3, -0.25) is 4.79 Å². The van der Waals surface area contributed by atoms with Crippen molar-refractivity contribution in [2.24, 2.45) is 0 Å². The van der Waals surface area contributed by atoms with Gasteiger partial charge in [-0.15, -0.1) is 11.3 Å². The molecule has 1 aliphatic heterocycles. The third kappa shape index (κ3) is 3.90. The maximum atomic E-state index is 12.4. The van der Waals surface area contributed by atoms with Crippen LogP contribution in [0.15, 0.2) is 18.6 Å². The van der Waals surface area contributed by atoms with Crippen molar-refractivity contribution in [1.29, 1.82) is 0 Å². The summed E-state index contributed by atoms with van der Waals surface area (Å²) in [6, 6.07) is 2.41. The van der Waals surface area contributed by atoms with Crippen LogP contribution in [-0.2, 0) is 11.2 Å². The van der Waals surface area contributed by atoms with E-state index in [0.29, 0.717) is 12.5 Å². The van der Waals surface area contributed by atoms with Crippen LogP contribution in [-0.4, -0.2) is 51.9 Å². The highest BCUT2D eigenvalue weighted by Crippen LogP contribution is 2.21. The van der Waals surface area contributed by atoms with Crippen LogP contribution in [0.4, 0.5) is 5.82 Å².